The largest absolute Gasteiger partial charge is 0.444 e. The third-order valence-corrected chi connectivity index (χ3v) is 6.29. The summed E-state index contributed by atoms with van der Waals surface area (Å²) in [6.07, 6.45) is 9.86. The molecular formula is C30H61NO9. The standard InChI is InChI=1S/C30H61NO9/c1-24(2)19-25(38-22-35-7)17-15-13-11-9-10-12-14-16-18-26(31-29(33)40-30(3,4)5)28(39-23-36-8)27(32)20-37-21-34-6/h24-28,32H,9-23H2,1-8H3,(H,31,33)/t25?,26-,27+,28+/m0/s1. The first-order valence-corrected chi connectivity index (χ1v) is 15.0. The van der Waals surface area contributed by atoms with Gasteiger partial charge in [0, 0.05) is 21.3 Å². The van der Waals surface area contributed by atoms with Crippen molar-refractivity contribution in [3.63, 3.8) is 0 Å². The molecule has 0 fully saturated rings. The van der Waals surface area contributed by atoms with Crippen LogP contribution in [0.5, 0.6) is 0 Å². The molecule has 2 N–H and O–H groups in total. The molecule has 40 heavy (non-hydrogen) atoms. The summed E-state index contributed by atoms with van der Waals surface area (Å²) in [7, 11) is 4.70. The van der Waals surface area contributed by atoms with Gasteiger partial charge in [0.2, 0.25) is 0 Å². The van der Waals surface area contributed by atoms with Crippen LogP contribution in [0.15, 0.2) is 0 Å². The molecule has 0 aromatic rings. The van der Waals surface area contributed by atoms with E-state index in [1.54, 1.807) is 7.11 Å². The molecule has 0 saturated heterocycles. The predicted octanol–water partition coefficient (Wildman–Crippen LogP) is 5.79. The van der Waals surface area contributed by atoms with Crippen molar-refractivity contribution in [3.8, 4) is 0 Å². The van der Waals surface area contributed by atoms with E-state index in [0.29, 0.717) is 19.1 Å². The maximum atomic E-state index is 12.6. The zero-order chi connectivity index (χ0) is 30.2. The molecule has 1 unspecified atom stereocenters. The topological polar surface area (TPSA) is 114 Å². The summed E-state index contributed by atoms with van der Waals surface area (Å²) in [5.74, 6) is 0.620. The highest BCUT2D eigenvalue weighted by Gasteiger charge is 2.32. The summed E-state index contributed by atoms with van der Waals surface area (Å²) in [6.45, 7) is 10.3. The van der Waals surface area contributed by atoms with Crippen molar-refractivity contribution in [2.45, 2.75) is 135 Å². The van der Waals surface area contributed by atoms with Crippen molar-refractivity contribution in [2.24, 2.45) is 5.92 Å². The molecular weight excluding hydrogens is 518 g/mol. The second kappa shape index (κ2) is 24.6. The average Bonchev–Trinajstić information content (AvgIpc) is 2.86. The first kappa shape index (κ1) is 39.0. The molecule has 0 aromatic heterocycles. The van der Waals surface area contributed by atoms with Gasteiger partial charge in [0.25, 0.3) is 0 Å². The van der Waals surface area contributed by atoms with Crippen LogP contribution in [-0.2, 0) is 33.2 Å². The number of aliphatic hydroxyl groups excluding tert-OH is 1. The maximum Gasteiger partial charge on any atom is 0.407 e. The van der Waals surface area contributed by atoms with Crippen LogP contribution >= 0.6 is 0 Å². The third kappa shape index (κ3) is 22.7. The van der Waals surface area contributed by atoms with E-state index in [-0.39, 0.29) is 26.3 Å². The number of unbranched alkanes of at least 4 members (excludes halogenated alkanes) is 7. The van der Waals surface area contributed by atoms with E-state index in [1.807, 2.05) is 20.8 Å². The zero-order valence-corrected chi connectivity index (χ0v) is 26.7. The number of carbonyl (C=O) groups is 1. The molecule has 0 spiro atoms. The van der Waals surface area contributed by atoms with Gasteiger partial charge < -0.3 is 43.6 Å². The van der Waals surface area contributed by atoms with E-state index in [2.05, 4.69) is 19.2 Å². The quantitative estimate of drug-likeness (QED) is 0.0971. The van der Waals surface area contributed by atoms with Crippen molar-refractivity contribution in [3.05, 3.63) is 0 Å². The molecule has 240 valence electrons. The Morgan fingerprint density at radius 1 is 0.775 bits per heavy atom. The van der Waals surface area contributed by atoms with Gasteiger partial charge in [0.05, 0.1) is 18.8 Å². The van der Waals surface area contributed by atoms with E-state index in [4.69, 9.17) is 33.2 Å². The minimum absolute atomic E-state index is 0.00540. The number of aliphatic hydroxyl groups is 1. The molecule has 1 amide bonds. The number of methoxy groups -OCH3 is 3. The number of alkyl carbamates (subject to hydrolysis) is 1. The summed E-state index contributed by atoms with van der Waals surface area (Å²) in [5.41, 5.74) is -0.635. The Balaban J connectivity index is 4.62. The number of amides is 1. The Bertz CT molecular complexity index is 586. The number of nitrogens with one attached hydrogen (secondary N) is 1. The fourth-order valence-electron chi connectivity index (χ4n) is 4.52. The summed E-state index contributed by atoms with van der Waals surface area (Å²) in [5, 5.41) is 13.7. The Kier molecular flexibility index (Phi) is 24.0. The van der Waals surface area contributed by atoms with Crippen LogP contribution in [-0.4, -0.2) is 89.5 Å². The van der Waals surface area contributed by atoms with Crippen molar-refractivity contribution in [1.82, 2.24) is 5.32 Å². The lowest BCUT2D eigenvalue weighted by Gasteiger charge is -2.32. The van der Waals surface area contributed by atoms with Gasteiger partial charge in [0.1, 0.15) is 38.2 Å². The van der Waals surface area contributed by atoms with Crippen LogP contribution in [0.2, 0.25) is 0 Å². The number of rotatable bonds is 26. The maximum absolute atomic E-state index is 12.6. The monoisotopic (exact) mass is 579 g/mol. The second-order valence-electron chi connectivity index (χ2n) is 11.9. The molecule has 0 bridgehead atoms. The van der Waals surface area contributed by atoms with Gasteiger partial charge in [0.15, 0.2) is 0 Å². The fraction of sp³-hybridized carbons (Fsp3) is 0.967. The Morgan fingerprint density at radius 2 is 1.30 bits per heavy atom. The summed E-state index contributed by atoms with van der Waals surface area (Å²) in [4.78, 5) is 12.6. The van der Waals surface area contributed by atoms with Gasteiger partial charge in [-0.2, -0.15) is 0 Å². The number of hydrogen-bond acceptors (Lipinski definition) is 9. The van der Waals surface area contributed by atoms with Gasteiger partial charge in [-0.05, 0) is 46.0 Å². The van der Waals surface area contributed by atoms with Crippen molar-refractivity contribution in [1.29, 1.82) is 0 Å². The van der Waals surface area contributed by atoms with Gasteiger partial charge in [-0.1, -0.05) is 65.2 Å². The van der Waals surface area contributed by atoms with E-state index in [0.717, 1.165) is 32.1 Å². The van der Waals surface area contributed by atoms with E-state index in [1.165, 1.54) is 46.3 Å². The highest BCUT2D eigenvalue weighted by Crippen LogP contribution is 2.19. The number of carbonyl (C=O) groups excluding carboxylic acids is 1. The molecule has 10 nitrogen and oxygen atoms in total. The van der Waals surface area contributed by atoms with Crippen LogP contribution in [0.25, 0.3) is 0 Å². The number of ether oxygens (including phenoxy) is 7. The SMILES string of the molecule is COCOC[C@@H](O)[C@H](OCOC)[C@H](CCCCCCCCCCC(CC(C)C)OCOC)NC(=O)OC(C)(C)C. The summed E-state index contributed by atoms with van der Waals surface area (Å²) in [6, 6.07) is -0.467. The van der Waals surface area contributed by atoms with Gasteiger partial charge in [-0.3, -0.25) is 0 Å². The highest BCUT2D eigenvalue weighted by atomic mass is 16.7. The lowest BCUT2D eigenvalue weighted by molar-refractivity contribution is -0.149. The second-order valence-corrected chi connectivity index (χ2v) is 11.9. The number of hydrogen-bond donors (Lipinski definition) is 2. The molecule has 0 aliphatic rings. The summed E-state index contributed by atoms with van der Waals surface area (Å²) < 4.78 is 37.5. The van der Waals surface area contributed by atoms with Crippen molar-refractivity contribution < 1.29 is 43.1 Å². The van der Waals surface area contributed by atoms with Crippen LogP contribution in [0, 0.1) is 5.92 Å². The fourth-order valence-corrected chi connectivity index (χ4v) is 4.52. The molecule has 0 aliphatic carbocycles. The van der Waals surface area contributed by atoms with E-state index >= 15 is 0 Å². The van der Waals surface area contributed by atoms with Crippen molar-refractivity contribution in [2.75, 3.05) is 48.3 Å². The minimum atomic E-state index is -0.981. The molecule has 0 heterocycles. The van der Waals surface area contributed by atoms with Crippen molar-refractivity contribution >= 4 is 6.09 Å². The lowest BCUT2D eigenvalue weighted by atomic mass is 9.98. The first-order valence-electron chi connectivity index (χ1n) is 15.0. The molecule has 0 aromatic carbocycles. The molecule has 0 rings (SSSR count). The summed E-state index contributed by atoms with van der Waals surface area (Å²) >= 11 is 0. The molecule has 0 saturated carbocycles. The van der Waals surface area contributed by atoms with Crippen LogP contribution in [0.4, 0.5) is 4.79 Å². The highest BCUT2D eigenvalue weighted by molar-refractivity contribution is 5.68. The Morgan fingerprint density at radius 3 is 1.82 bits per heavy atom. The molecule has 0 aliphatic heterocycles. The normalized spacial score (nSPS) is 15.2. The van der Waals surface area contributed by atoms with Crippen LogP contribution < -0.4 is 5.32 Å². The minimum Gasteiger partial charge on any atom is -0.444 e. The average molecular weight is 580 g/mol. The smallest absolute Gasteiger partial charge is 0.407 e. The van der Waals surface area contributed by atoms with Gasteiger partial charge in [-0.25, -0.2) is 4.79 Å². The van der Waals surface area contributed by atoms with E-state index in [9.17, 15) is 9.90 Å². The predicted molar refractivity (Wildman–Crippen MR) is 156 cm³/mol. The van der Waals surface area contributed by atoms with Crippen LogP contribution in [0.1, 0.15) is 105 Å². The zero-order valence-electron chi connectivity index (χ0n) is 26.7. The Hall–Kier alpha value is -1.01. The van der Waals surface area contributed by atoms with Gasteiger partial charge in [-0.15, -0.1) is 0 Å². The molecule has 0 radical (unpaired) electrons. The van der Waals surface area contributed by atoms with E-state index < -0.39 is 29.9 Å². The van der Waals surface area contributed by atoms with Crippen LogP contribution in [0.3, 0.4) is 0 Å². The third-order valence-electron chi connectivity index (χ3n) is 6.29. The Labute approximate surface area is 244 Å². The lowest BCUT2D eigenvalue weighted by Crippen LogP contribution is -2.52. The molecule has 4 atom stereocenters. The van der Waals surface area contributed by atoms with Gasteiger partial charge >= 0.3 is 6.09 Å². The first-order chi connectivity index (χ1) is 19.0. The molecule has 10 heteroatoms.